The third kappa shape index (κ3) is 3.35. The third-order valence-corrected chi connectivity index (χ3v) is 5.14. The molecule has 2 amide bonds. The lowest BCUT2D eigenvalue weighted by molar-refractivity contribution is -0.120. The Hall–Kier alpha value is -3.86. The highest BCUT2D eigenvalue weighted by atomic mass is 16.5. The number of ether oxygens (including phenoxy) is 1. The number of imide groups is 1. The van der Waals surface area contributed by atoms with E-state index in [1.807, 2.05) is 68.4 Å². The van der Waals surface area contributed by atoms with Crippen LogP contribution in [0.4, 0.5) is 11.4 Å². The number of para-hydroxylation sites is 2. The molecule has 3 aromatic rings. The largest absolute Gasteiger partial charge is 0.496 e. The Kier molecular flexibility index (Phi) is 5.11. The molecule has 0 radical (unpaired) electrons. The van der Waals surface area contributed by atoms with E-state index >= 15 is 0 Å². The third-order valence-electron chi connectivity index (χ3n) is 5.14. The molecule has 0 saturated heterocycles. The summed E-state index contributed by atoms with van der Waals surface area (Å²) in [7, 11) is 1.55. The first-order valence-corrected chi connectivity index (χ1v) is 9.67. The molecular weight excluding hydrogens is 376 g/mol. The second-order valence-corrected chi connectivity index (χ2v) is 7.17. The van der Waals surface area contributed by atoms with Crippen LogP contribution in [0, 0.1) is 13.8 Å². The van der Waals surface area contributed by atoms with Crippen molar-refractivity contribution in [2.75, 3.05) is 17.3 Å². The zero-order valence-corrected chi connectivity index (χ0v) is 17.1. The second kappa shape index (κ2) is 7.87. The predicted molar refractivity (Wildman–Crippen MR) is 118 cm³/mol. The number of nitrogens with zero attached hydrogens (tertiary/aromatic N) is 1. The molecule has 1 heterocycles. The maximum atomic E-state index is 13.5. The van der Waals surface area contributed by atoms with Gasteiger partial charge < -0.3 is 10.1 Å². The standard InChI is InChI=1S/C25H22N2O3/c1-16-12-14-18(15-13-16)26-23-22(19-9-5-7-11-21(19)30-3)24(28)27(25(23)29)20-10-6-4-8-17(20)2/h4-15,26H,1-3H3. The van der Waals surface area contributed by atoms with Gasteiger partial charge in [-0.15, -0.1) is 0 Å². The fourth-order valence-corrected chi connectivity index (χ4v) is 3.56. The van der Waals surface area contributed by atoms with Gasteiger partial charge in [-0.1, -0.05) is 54.1 Å². The Morgan fingerprint density at radius 1 is 0.800 bits per heavy atom. The predicted octanol–water partition coefficient (Wildman–Crippen LogP) is 4.71. The number of benzene rings is 3. The number of carbonyl (C=O) groups is 2. The SMILES string of the molecule is COc1ccccc1C1=C(Nc2ccc(C)cc2)C(=O)N(c2ccccc2C)C1=O. The quantitative estimate of drug-likeness (QED) is 0.633. The van der Waals surface area contributed by atoms with Gasteiger partial charge in [0.2, 0.25) is 0 Å². The molecule has 0 aliphatic carbocycles. The summed E-state index contributed by atoms with van der Waals surface area (Å²) in [5.74, 6) is -0.243. The first kappa shape index (κ1) is 19.5. The van der Waals surface area contributed by atoms with E-state index in [1.54, 1.807) is 25.3 Å². The molecular formula is C25H22N2O3. The second-order valence-electron chi connectivity index (χ2n) is 7.17. The van der Waals surface area contributed by atoms with Crippen molar-refractivity contribution in [3.05, 3.63) is 95.2 Å². The van der Waals surface area contributed by atoms with E-state index in [2.05, 4.69) is 5.32 Å². The molecule has 150 valence electrons. The van der Waals surface area contributed by atoms with E-state index in [9.17, 15) is 9.59 Å². The molecule has 0 saturated carbocycles. The summed E-state index contributed by atoms with van der Waals surface area (Å²) in [6.45, 7) is 3.87. The lowest BCUT2D eigenvalue weighted by Crippen LogP contribution is -2.33. The number of rotatable bonds is 5. The van der Waals surface area contributed by atoms with Gasteiger partial charge in [0.1, 0.15) is 11.4 Å². The smallest absolute Gasteiger partial charge is 0.282 e. The number of anilines is 2. The summed E-state index contributed by atoms with van der Waals surface area (Å²) in [6, 6.07) is 22.2. The van der Waals surface area contributed by atoms with E-state index in [4.69, 9.17) is 4.74 Å². The summed E-state index contributed by atoms with van der Waals surface area (Å²) < 4.78 is 5.48. The van der Waals surface area contributed by atoms with Crippen molar-refractivity contribution in [3.8, 4) is 5.75 Å². The molecule has 30 heavy (non-hydrogen) atoms. The highest BCUT2D eigenvalue weighted by molar-refractivity contribution is 6.46. The van der Waals surface area contributed by atoms with Crippen LogP contribution in [0.2, 0.25) is 0 Å². The van der Waals surface area contributed by atoms with Gasteiger partial charge in [0.05, 0.1) is 18.4 Å². The summed E-state index contributed by atoms with van der Waals surface area (Å²) in [6.07, 6.45) is 0. The Labute approximate surface area is 175 Å². The lowest BCUT2D eigenvalue weighted by atomic mass is 10.0. The summed E-state index contributed by atoms with van der Waals surface area (Å²) in [5.41, 5.74) is 4.35. The van der Waals surface area contributed by atoms with Crippen molar-refractivity contribution in [2.45, 2.75) is 13.8 Å². The molecule has 0 aromatic heterocycles. The normalized spacial score (nSPS) is 13.8. The average molecular weight is 398 g/mol. The van der Waals surface area contributed by atoms with Crippen LogP contribution in [0.1, 0.15) is 16.7 Å². The number of hydrogen-bond donors (Lipinski definition) is 1. The van der Waals surface area contributed by atoms with Crippen LogP contribution in [-0.2, 0) is 9.59 Å². The van der Waals surface area contributed by atoms with Crippen LogP contribution in [0.15, 0.2) is 78.5 Å². The van der Waals surface area contributed by atoms with Crippen LogP contribution >= 0.6 is 0 Å². The molecule has 0 atom stereocenters. The van der Waals surface area contributed by atoms with Gasteiger partial charge in [-0.2, -0.15) is 0 Å². The summed E-state index contributed by atoms with van der Waals surface area (Å²) >= 11 is 0. The topological polar surface area (TPSA) is 58.6 Å². The maximum Gasteiger partial charge on any atom is 0.282 e. The van der Waals surface area contributed by atoms with Crippen molar-refractivity contribution >= 4 is 28.8 Å². The van der Waals surface area contributed by atoms with Crippen molar-refractivity contribution in [1.82, 2.24) is 0 Å². The van der Waals surface area contributed by atoms with E-state index in [-0.39, 0.29) is 11.6 Å². The van der Waals surface area contributed by atoms with E-state index < -0.39 is 5.91 Å². The fourth-order valence-electron chi connectivity index (χ4n) is 3.56. The number of carbonyl (C=O) groups excluding carboxylic acids is 2. The van der Waals surface area contributed by atoms with Crippen molar-refractivity contribution in [3.63, 3.8) is 0 Å². The zero-order chi connectivity index (χ0) is 21.3. The van der Waals surface area contributed by atoms with Gasteiger partial charge in [-0.25, -0.2) is 4.90 Å². The van der Waals surface area contributed by atoms with Crippen molar-refractivity contribution in [1.29, 1.82) is 0 Å². The molecule has 0 unspecified atom stereocenters. The number of aryl methyl sites for hydroxylation is 2. The minimum atomic E-state index is -0.393. The average Bonchev–Trinajstić information content (AvgIpc) is 2.99. The van der Waals surface area contributed by atoms with Gasteiger partial charge in [-0.05, 0) is 43.7 Å². The summed E-state index contributed by atoms with van der Waals surface area (Å²) in [5, 5.41) is 3.18. The first-order valence-electron chi connectivity index (χ1n) is 9.67. The first-order chi connectivity index (χ1) is 14.5. The number of methoxy groups -OCH3 is 1. The van der Waals surface area contributed by atoms with E-state index in [1.165, 1.54) is 4.90 Å². The van der Waals surface area contributed by atoms with E-state index in [0.29, 0.717) is 22.6 Å². The number of hydrogen-bond acceptors (Lipinski definition) is 4. The van der Waals surface area contributed by atoms with Crippen LogP contribution in [0.25, 0.3) is 5.57 Å². The van der Waals surface area contributed by atoms with E-state index in [0.717, 1.165) is 16.8 Å². The maximum absolute atomic E-state index is 13.5. The molecule has 0 fully saturated rings. The molecule has 1 N–H and O–H groups in total. The zero-order valence-electron chi connectivity index (χ0n) is 17.1. The van der Waals surface area contributed by atoms with Crippen LogP contribution in [0.5, 0.6) is 5.75 Å². The van der Waals surface area contributed by atoms with Gasteiger partial charge >= 0.3 is 0 Å². The number of nitrogens with one attached hydrogen (secondary N) is 1. The van der Waals surface area contributed by atoms with Gasteiger partial charge in [0.15, 0.2) is 0 Å². The number of amides is 2. The molecule has 0 spiro atoms. The fraction of sp³-hybridized carbons (Fsp3) is 0.120. The van der Waals surface area contributed by atoms with Gasteiger partial charge in [0, 0.05) is 11.3 Å². The minimum absolute atomic E-state index is 0.233. The Morgan fingerprint density at radius 2 is 1.47 bits per heavy atom. The van der Waals surface area contributed by atoms with Crippen LogP contribution in [0.3, 0.4) is 0 Å². The molecule has 0 bridgehead atoms. The molecule has 4 rings (SSSR count). The lowest BCUT2D eigenvalue weighted by Gasteiger charge is -2.17. The highest BCUT2D eigenvalue weighted by Crippen LogP contribution is 2.38. The molecule has 3 aromatic carbocycles. The van der Waals surface area contributed by atoms with Crippen LogP contribution < -0.4 is 15.0 Å². The Morgan fingerprint density at radius 3 is 2.17 bits per heavy atom. The minimum Gasteiger partial charge on any atom is -0.496 e. The van der Waals surface area contributed by atoms with Crippen molar-refractivity contribution < 1.29 is 14.3 Å². The molecule has 5 nitrogen and oxygen atoms in total. The highest BCUT2D eigenvalue weighted by Gasteiger charge is 2.41. The Bertz CT molecular complexity index is 1160. The van der Waals surface area contributed by atoms with Crippen LogP contribution in [-0.4, -0.2) is 18.9 Å². The summed E-state index contributed by atoms with van der Waals surface area (Å²) in [4.78, 5) is 28.2. The van der Waals surface area contributed by atoms with Gasteiger partial charge in [0.25, 0.3) is 11.8 Å². The molecule has 1 aliphatic heterocycles. The van der Waals surface area contributed by atoms with Crippen molar-refractivity contribution in [2.24, 2.45) is 0 Å². The molecule has 5 heteroatoms. The Balaban J connectivity index is 1.88. The van der Waals surface area contributed by atoms with Gasteiger partial charge in [-0.3, -0.25) is 9.59 Å². The monoisotopic (exact) mass is 398 g/mol. The molecule has 1 aliphatic rings.